The van der Waals surface area contributed by atoms with E-state index < -0.39 is 24.0 Å². The van der Waals surface area contributed by atoms with E-state index in [1.165, 1.54) is 7.11 Å². The summed E-state index contributed by atoms with van der Waals surface area (Å²) in [4.78, 5) is 20.8. The topological polar surface area (TPSA) is 119 Å². The quantitative estimate of drug-likeness (QED) is 0.591. The van der Waals surface area contributed by atoms with Crippen molar-refractivity contribution in [1.82, 2.24) is 6.15 Å². The number of hydrogen-bond acceptors (Lipinski definition) is 4. The third-order valence-corrected chi connectivity index (χ3v) is 1.92. The fourth-order valence-corrected chi connectivity index (χ4v) is 1.00. The Morgan fingerprint density at radius 1 is 1.36 bits per heavy atom. The molecule has 0 aliphatic carbocycles. The zero-order valence-electron chi connectivity index (χ0n) is 8.40. The molecule has 0 fully saturated rings. The smallest absolute Gasteiger partial charge is 0.309 e. The lowest BCUT2D eigenvalue weighted by Gasteiger charge is -2.17. The average Bonchev–Trinajstić information content (AvgIpc) is 2.03. The SMILES string of the molecule is COC(C)C(CCC(=O)O)C(=O)O.N. The van der Waals surface area contributed by atoms with Crippen LogP contribution in [0.2, 0.25) is 0 Å². The second kappa shape index (κ2) is 7.28. The van der Waals surface area contributed by atoms with Gasteiger partial charge in [-0.15, -0.1) is 0 Å². The van der Waals surface area contributed by atoms with E-state index in [4.69, 9.17) is 14.9 Å². The molecule has 0 aliphatic rings. The van der Waals surface area contributed by atoms with E-state index in [2.05, 4.69) is 0 Å². The maximum absolute atomic E-state index is 10.6. The molecule has 0 rings (SSSR count). The van der Waals surface area contributed by atoms with Crippen molar-refractivity contribution in [1.29, 1.82) is 0 Å². The first kappa shape index (κ1) is 15.3. The minimum absolute atomic E-state index is 0. The van der Waals surface area contributed by atoms with E-state index in [1.54, 1.807) is 6.92 Å². The molecule has 0 aromatic rings. The fourth-order valence-electron chi connectivity index (χ4n) is 1.00. The van der Waals surface area contributed by atoms with E-state index in [-0.39, 0.29) is 19.0 Å². The van der Waals surface area contributed by atoms with Crippen LogP contribution in [-0.4, -0.2) is 35.4 Å². The van der Waals surface area contributed by atoms with Crippen molar-refractivity contribution in [3.63, 3.8) is 0 Å². The number of carboxylic acid groups (broad SMARTS) is 2. The van der Waals surface area contributed by atoms with Crippen LogP contribution < -0.4 is 6.15 Å². The van der Waals surface area contributed by atoms with Crippen LogP contribution in [-0.2, 0) is 14.3 Å². The van der Waals surface area contributed by atoms with Crippen molar-refractivity contribution < 1.29 is 24.5 Å². The van der Waals surface area contributed by atoms with Crippen molar-refractivity contribution in [3.8, 4) is 0 Å². The summed E-state index contributed by atoms with van der Waals surface area (Å²) in [6.45, 7) is 1.61. The van der Waals surface area contributed by atoms with Gasteiger partial charge in [0.2, 0.25) is 0 Å². The summed E-state index contributed by atoms with van der Waals surface area (Å²) in [7, 11) is 1.40. The molecule has 6 heteroatoms. The van der Waals surface area contributed by atoms with Crippen molar-refractivity contribution in [2.75, 3.05) is 7.11 Å². The van der Waals surface area contributed by atoms with E-state index in [0.29, 0.717) is 0 Å². The van der Waals surface area contributed by atoms with Gasteiger partial charge in [0, 0.05) is 13.5 Å². The largest absolute Gasteiger partial charge is 0.481 e. The molecule has 0 radical (unpaired) electrons. The van der Waals surface area contributed by atoms with Gasteiger partial charge in [0.1, 0.15) is 0 Å². The lowest BCUT2D eigenvalue weighted by atomic mass is 9.98. The van der Waals surface area contributed by atoms with Gasteiger partial charge in [-0.1, -0.05) is 0 Å². The molecule has 14 heavy (non-hydrogen) atoms. The number of carboxylic acids is 2. The summed E-state index contributed by atoms with van der Waals surface area (Å²) >= 11 is 0. The monoisotopic (exact) mass is 207 g/mol. The van der Waals surface area contributed by atoms with Gasteiger partial charge < -0.3 is 21.1 Å². The van der Waals surface area contributed by atoms with Crippen LogP contribution in [0.15, 0.2) is 0 Å². The van der Waals surface area contributed by atoms with Crippen LogP contribution in [0, 0.1) is 5.92 Å². The summed E-state index contributed by atoms with van der Waals surface area (Å²) in [5, 5.41) is 17.1. The first-order valence-corrected chi connectivity index (χ1v) is 3.96. The minimum atomic E-state index is -1.02. The van der Waals surface area contributed by atoms with E-state index in [1.807, 2.05) is 0 Å². The van der Waals surface area contributed by atoms with E-state index >= 15 is 0 Å². The molecule has 0 aromatic carbocycles. The molecule has 2 unspecified atom stereocenters. The molecule has 0 saturated carbocycles. The van der Waals surface area contributed by atoms with Gasteiger partial charge >= 0.3 is 11.9 Å². The van der Waals surface area contributed by atoms with Gasteiger partial charge in [-0.05, 0) is 13.3 Å². The Morgan fingerprint density at radius 2 is 1.86 bits per heavy atom. The Hall–Kier alpha value is -1.14. The number of hydrogen-bond donors (Lipinski definition) is 3. The minimum Gasteiger partial charge on any atom is -0.481 e. The molecule has 84 valence electrons. The predicted molar refractivity (Wildman–Crippen MR) is 49.5 cm³/mol. The molecule has 0 heterocycles. The summed E-state index contributed by atoms with van der Waals surface area (Å²) < 4.78 is 4.83. The third kappa shape index (κ3) is 5.50. The highest BCUT2D eigenvalue weighted by Gasteiger charge is 2.24. The second-order valence-corrected chi connectivity index (χ2v) is 2.82. The predicted octanol–water partition coefficient (Wildman–Crippen LogP) is 0.749. The van der Waals surface area contributed by atoms with Crippen molar-refractivity contribution in [2.24, 2.45) is 5.92 Å². The zero-order chi connectivity index (χ0) is 10.4. The van der Waals surface area contributed by atoms with Gasteiger partial charge in [-0.25, -0.2) is 0 Å². The van der Waals surface area contributed by atoms with Gasteiger partial charge in [-0.3, -0.25) is 9.59 Å². The number of carbonyl (C=O) groups is 2. The third-order valence-electron chi connectivity index (χ3n) is 1.92. The molecule has 0 saturated heterocycles. The summed E-state index contributed by atoms with van der Waals surface area (Å²) in [5.74, 6) is -2.76. The molecule has 0 bridgehead atoms. The first-order valence-electron chi connectivity index (χ1n) is 3.96. The maximum atomic E-state index is 10.6. The maximum Gasteiger partial charge on any atom is 0.309 e. The van der Waals surface area contributed by atoms with Crippen LogP contribution in [0.5, 0.6) is 0 Å². The molecule has 0 aromatic heterocycles. The van der Waals surface area contributed by atoms with Crippen molar-refractivity contribution >= 4 is 11.9 Å². The van der Waals surface area contributed by atoms with Gasteiger partial charge in [0.25, 0.3) is 0 Å². The highest BCUT2D eigenvalue weighted by molar-refractivity contribution is 5.72. The molecule has 2 atom stereocenters. The molecule has 5 N–H and O–H groups in total. The summed E-state index contributed by atoms with van der Waals surface area (Å²) in [6, 6.07) is 0. The standard InChI is InChI=1S/C8H14O5.H3N/c1-5(13-2)6(8(11)12)3-4-7(9)10;/h5-6H,3-4H2,1-2H3,(H,9,10)(H,11,12);1H3. The van der Waals surface area contributed by atoms with Gasteiger partial charge in [0.15, 0.2) is 0 Å². The Morgan fingerprint density at radius 3 is 2.14 bits per heavy atom. The van der Waals surface area contributed by atoms with Crippen LogP contribution in [0.1, 0.15) is 19.8 Å². The second-order valence-electron chi connectivity index (χ2n) is 2.82. The lowest BCUT2D eigenvalue weighted by Crippen LogP contribution is -2.27. The Bertz CT molecular complexity index is 194. The number of rotatable bonds is 6. The molecular formula is C8H17NO5. The lowest BCUT2D eigenvalue weighted by molar-refractivity contribution is -0.147. The van der Waals surface area contributed by atoms with E-state index in [0.717, 1.165) is 0 Å². The number of methoxy groups -OCH3 is 1. The Kier molecular flexibility index (Phi) is 7.98. The first-order chi connectivity index (χ1) is 5.99. The zero-order valence-corrected chi connectivity index (χ0v) is 8.40. The van der Waals surface area contributed by atoms with Crippen molar-refractivity contribution in [2.45, 2.75) is 25.9 Å². The summed E-state index contributed by atoms with van der Waals surface area (Å²) in [5.41, 5.74) is 0. The average molecular weight is 207 g/mol. The number of aliphatic carboxylic acids is 2. The fraction of sp³-hybridized carbons (Fsp3) is 0.750. The highest BCUT2D eigenvalue weighted by Crippen LogP contribution is 2.14. The Balaban J connectivity index is 0. The normalized spacial score (nSPS) is 13.9. The van der Waals surface area contributed by atoms with Crippen LogP contribution >= 0.6 is 0 Å². The van der Waals surface area contributed by atoms with Crippen LogP contribution in [0.25, 0.3) is 0 Å². The van der Waals surface area contributed by atoms with Gasteiger partial charge in [-0.2, -0.15) is 0 Å². The molecule has 0 spiro atoms. The molecule has 0 aliphatic heterocycles. The van der Waals surface area contributed by atoms with Gasteiger partial charge in [0.05, 0.1) is 12.0 Å². The molecule has 0 amide bonds. The number of ether oxygens (including phenoxy) is 1. The van der Waals surface area contributed by atoms with Crippen LogP contribution in [0.4, 0.5) is 0 Å². The Labute approximate surface area is 82.5 Å². The van der Waals surface area contributed by atoms with E-state index in [9.17, 15) is 9.59 Å². The van der Waals surface area contributed by atoms with Crippen molar-refractivity contribution in [3.05, 3.63) is 0 Å². The summed E-state index contributed by atoms with van der Waals surface area (Å²) in [6.07, 6.45) is -0.512. The molecule has 6 nitrogen and oxygen atoms in total. The molecular weight excluding hydrogens is 190 g/mol. The van der Waals surface area contributed by atoms with Crippen LogP contribution in [0.3, 0.4) is 0 Å². The highest BCUT2D eigenvalue weighted by atomic mass is 16.5.